The summed E-state index contributed by atoms with van der Waals surface area (Å²) in [6.07, 6.45) is 8.21. The summed E-state index contributed by atoms with van der Waals surface area (Å²) in [6.45, 7) is 3.90. The highest BCUT2D eigenvalue weighted by Gasteiger charge is 2.32. The molecule has 9 nitrogen and oxygen atoms in total. The maximum Gasteiger partial charge on any atom is 0.287 e. The number of piperidine rings is 1. The minimum absolute atomic E-state index is 0.175. The molecule has 3 rings (SSSR count). The third kappa shape index (κ3) is 5.31. The molecule has 10 heteroatoms. The molecule has 0 bridgehead atoms. The molecule has 1 amide bonds. The van der Waals surface area contributed by atoms with Crippen LogP contribution in [0, 0.1) is 0 Å². The van der Waals surface area contributed by atoms with Crippen molar-refractivity contribution in [2.45, 2.75) is 37.8 Å². The van der Waals surface area contributed by atoms with Crippen molar-refractivity contribution in [3.63, 3.8) is 0 Å². The van der Waals surface area contributed by atoms with Gasteiger partial charge in [0.2, 0.25) is 10.0 Å². The number of carbonyl (C=O) groups is 1. The summed E-state index contributed by atoms with van der Waals surface area (Å²) in [7, 11) is -1.33. The lowest BCUT2D eigenvalue weighted by Gasteiger charge is -2.43. The number of nitrogens with zero attached hydrogens (tertiary/aromatic N) is 4. The Balaban J connectivity index is 1.58. The van der Waals surface area contributed by atoms with Gasteiger partial charge >= 0.3 is 0 Å². The van der Waals surface area contributed by atoms with Crippen LogP contribution >= 0.6 is 0 Å². The summed E-state index contributed by atoms with van der Waals surface area (Å²) in [5, 5.41) is 2.97. The number of ether oxygens (including phenoxy) is 1. The highest BCUT2D eigenvalue weighted by atomic mass is 32.2. The molecule has 1 aromatic rings. The summed E-state index contributed by atoms with van der Waals surface area (Å²) < 4.78 is 32.4. The van der Waals surface area contributed by atoms with E-state index in [4.69, 9.17) is 4.74 Å². The van der Waals surface area contributed by atoms with Crippen molar-refractivity contribution >= 4 is 15.9 Å². The molecule has 0 aliphatic carbocycles. The molecule has 0 aromatic carbocycles. The molecule has 0 radical (unpaired) electrons. The van der Waals surface area contributed by atoms with Crippen LogP contribution in [-0.2, 0) is 21.8 Å². The van der Waals surface area contributed by atoms with Crippen molar-refractivity contribution in [2.24, 2.45) is 7.05 Å². The molecule has 0 saturated carbocycles. The molecule has 0 spiro atoms. The highest BCUT2D eigenvalue weighted by molar-refractivity contribution is 7.88. The highest BCUT2D eigenvalue weighted by Crippen LogP contribution is 2.24. The molecular formula is C18H31N5O4S. The maximum absolute atomic E-state index is 12.3. The fourth-order valence-corrected chi connectivity index (χ4v) is 5.02. The Morgan fingerprint density at radius 1 is 1.25 bits per heavy atom. The molecule has 2 saturated heterocycles. The van der Waals surface area contributed by atoms with E-state index in [0.717, 1.165) is 45.4 Å². The van der Waals surface area contributed by atoms with E-state index >= 15 is 0 Å². The van der Waals surface area contributed by atoms with Gasteiger partial charge in [0.25, 0.3) is 5.91 Å². The van der Waals surface area contributed by atoms with E-state index in [-0.39, 0.29) is 5.91 Å². The monoisotopic (exact) mass is 413 g/mol. The van der Waals surface area contributed by atoms with E-state index in [1.807, 2.05) is 0 Å². The van der Waals surface area contributed by atoms with Gasteiger partial charge in [0, 0.05) is 70.9 Å². The van der Waals surface area contributed by atoms with Crippen LogP contribution < -0.4 is 5.32 Å². The van der Waals surface area contributed by atoms with Crippen molar-refractivity contribution in [2.75, 3.05) is 45.6 Å². The summed E-state index contributed by atoms with van der Waals surface area (Å²) in [6, 6.07) is 0.736. The number of nitrogens with one attached hydrogen (secondary N) is 1. The number of sulfonamides is 1. The van der Waals surface area contributed by atoms with Gasteiger partial charge in [-0.1, -0.05) is 0 Å². The van der Waals surface area contributed by atoms with Gasteiger partial charge in [0.05, 0.1) is 6.26 Å². The average molecular weight is 414 g/mol. The van der Waals surface area contributed by atoms with Gasteiger partial charge in [-0.3, -0.25) is 9.69 Å². The van der Waals surface area contributed by atoms with Crippen LogP contribution in [0.3, 0.4) is 0 Å². The standard InChI is InChI=1S/C18H31N5O4S/c1-21-11-7-19-17(21)18(24)20-8-12-23(16-5-13-27-14-6-16)15-3-9-22(10-4-15)28(2,25)26/h7,11,15-16H,3-6,8-10,12-14H2,1-2H3,(H,20,24). The number of carbonyl (C=O) groups excluding carboxylic acids is 1. The summed E-state index contributed by atoms with van der Waals surface area (Å²) in [4.78, 5) is 18.8. The normalized spacial score (nSPS) is 20.5. The Bertz CT molecular complexity index is 752. The molecule has 1 aromatic heterocycles. The Hall–Kier alpha value is -1.49. The Morgan fingerprint density at radius 3 is 2.46 bits per heavy atom. The number of amides is 1. The summed E-state index contributed by atoms with van der Waals surface area (Å²) >= 11 is 0. The quantitative estimate of drug-likeness (QED) is 0.679. The zero-order valence-electron chi connectivity index (χ0n) is 16.7. The molecule has 2 aliphatic rings. The molecule has 2 aliphatic heterocycles. The number of rotatable bonds is 7. The minimum Gasteiger partial charge on any atom is -0.381 e. The van der Waals surface area contributed by atoms with E-state index in [1.165, 1.54) is 6.26 Å². The van der Waals surface area contributed by atoms with Gasteiger partial charge in [0.1, 0.15) is 0 Å². The Kier molecular flexibility index (Phi) is 7.08. The third-order valence-electron chi connectivity index (χ3n) is 5.70. The van der Waals surface area contributed by atoms with Gasteiger partial charge < -0.3 is 14.6 Å². The lowest BCUT2D eigenvalue weighted by molar-refractivity contribution is 0.00745. The number of aromatic nitrogens is 2. The molecule has 158 valence electrons. The molecule has 1 N–H and O–H groups in total. The van der Waals surface area contributed by atoms with Crippen LogP contribution in [0.5, 0.6) is 0 Å². The first-order chi connectivity index (χ1) is 13.4. The largest absolute Gasteiger partial charge is 0.381 e. The molecule has 28 heavy (non-hydrogen) atoms. The molecule has 2 fully saturated rings. The smallest absolute Gasteiger partial charge is 0.287 e. The van der Waals surface area contributed by atoms with Crippen LogP contribution in [0.1, 0.15) is 36.3 Å². The van der Waals surface area contributed by atoms with Crippen LogP contribution in [0.4, 0.5) is 0 Å². The number of imidazole rings is 1. The fraction of sp³-hybridized carbons (Fsp3) is 0.778. The van der Waals surface area contributed by atoms with Gasteiger partial charge in [-0.2, -0.15) is 0 Å². The number of hydrogen-bond donors (Lipinski definition) is 1. The first kappa shape index (κ1) is 21.2. The second kappa shape index (κ2) is 9.34. The fourth-order valence-electron chi connectivity index (χ4n) is 4.15. The van der Waals surface area contributed by atoms with Crippen molar-refractivity contribution in [1.82, 2.24) is 24.1 Å². The van der Waals surface area contributed by atoms with E-state index < -0.39 is 10.0 Å². The van der Waals surface area contributed by atoms with E-state index in [9.17, 15) is 13.2 Å². The van der Waals surface area contributed by atoms with Gasteiger partial charge in [-0.05, 0) is 25.7 Å². The van der Waals surface area contributed by atoms with E-state index in [2.05, 4.69) is 15.2 Å². The van der Waals surface area contributed by atoms with Crippen molar-refractivity contribution in [3.8, 4) is 0 Å². The van der Waals surface area contributed by atoms with Crippen LogP contribution in [0.25, 0.3) is 0 Å². The van der Waals surface area contributed by atoms with Gasteiger partial charge in [-0.15, -0.1) is 0 Å². The molecule has 0 atom stereocenters. The first-order valence-corrected chi connectivity index (χ1v) is 11.7. The van der Waals surface area contributed by atoms with Crippen molar-refractivity contribution < 1.29 is 17.9 Å². The number of hydrogen-bond acceptors (Lipinski definition) is 6. The summed E-state index contributed by atoms with van der Waals surface area (Å²) in [5.41, 5.74) is 0. The molecule has 0 unspecified atom stereocenters. The Morgan fingerprint density at radius 2 is 1.89 bits per heavy atom. The van der Waals surface area contributed by atoms with Gasteiger partial charge in [-0.25, -0.2) is 17.7 Å². The van der Waals surface area contributed by atoms with Crippen LogP contribution in [0.15, 0.2) is 12.4 Å². The summed E-state index contributed by atoms with van der Waals surface area (Å²) in [5.74, 6) is 0.227. The maximum atomic E-state index is 12.3. The van der Waals surface area contributed by atoms with Crippen molar-refractivity contribution in [3.05, 3.63) is 18.2 Å². The Labute approximate surface area is 167 Å². The second-order valence-electron chi connectivity index (χ2n) is 7.59. The predicted molar refractivity (Wildman–Crippen MR) is 106 cm³/mol. The van der Waals surface area contributed by atoms with Gasteiger partial charge in [0.15, 0.2) is 5.82 Å². The van der Waals surface area contributed by atoms with Crippen molar-refractivity contribution in [1.29, 1.82) is 0 Å². The third-order valence-corrected chi connectivity index (χ3v) is 7.00. The van der Waals surface area contributed by atoms with E-state index in [1.54, 1.807) is 28.3 Å². The lowest BCUT2D eigenvalue weighted by atomic mass is 9.98. The second-order valence-corrected chi connectivity index (χ2v) is 9.57. The van der Waals surface area contributed by atoms with E-state index in [0.29, 0.717) is 37.5 Å². The molecular weight excluding hydrogens is 382 g/mol. The lowest BCUT2D eigenvalue weighted by Crippen LogP contribution is -2.53. The SMILES string of the molecule is Cn1ccnc1C(=O)NCCN(C1CCOCC1)C1CCN(S(C)(=O)=O)CC1. The topological polar surface area (TPSA) is 96.8 Å². The molecule has 3 heterocycles. The van der Waals surface area contributed by atoms with Crippen LogP contribution in [0.2, 0.25) is 0 Å². The van der Waals surface area contributed by atoms with Crippen LogP contribution in [-0.4, -0.2) is 90.8 Å². The first-order valence-electron chi connectivity index (χ1n) is 9.90. The number of aryl methyl sites for hydroxylation is 1. The zero-order chi connectivity index (χ0) is 20.1. The average Bonchev–Trinajstić information content (AvgIpc) is 3.11. The zero-order valence-corrected chi connectivity index (χ0v) is 17.5. The predicted octanol–water partition coefficient (Wildman–Crippen LogP) is 0.0549. The minimum atomic E-state index is -3.13.